The number of Topliss-reactive ketones (excluding diaryl/α,β-unsaturated/α-hetero) is 1. The highest BCUT2D eigenvalue weighted by molar-refractivity contribution is 6.31. The highest BCUT2D eigenvalue weighted by atomic mass is 35.5. The summed E-state index contributed by atoms with van der Waals surface area (Å²) in [6.45, 7) is 8.57. The molecule has 3 rings (SSSR count). The lowest BCUT2D eigenvalue weighted by Crippen LogP contribution is -2.39. The summed E-state index contributed by atoms with van der Waals surface area (Å²) in [5, 5.41) is 2.27. The Bertz CT molecular complexity index is 1070. The molecule has 0 spiro atoms. The van der Waals surface area contributed by atoms with Crippen molar-refractivity contribution < 1.29 is 31.9 Å². The number of hydrogen-bond acceptors (Lipinski definition) is 4. The molecule has 1 N–H and O–H groups in total. The van der Waals surface area contributed by atoms with Gasteiger partial charge in [-0.3, -0.25) is 4.79 Å². The predicted molar refractivity (Wildman–Crippen MR) is 111 cm³/mol. The van der Waals surface area contributed by atoms with Crippen molar-refractivity contribution in [2.24, 2.45) is 5.41 Å². The summed E-state index contributed by atoms with van der Waals surface area (Å²) in [7, 11) is 0. The second kappa shape index (κ2) is 8.39. The molecule has 0 amide bonds. The van der Waals surface area contributed by atoms with Crippen LogP contribution in [0, 0.1) is 11.2 Å². The number of dihydropyridines is 1. The first-order valence-electron chi connectivity index (χ1n) is 9.85. The van der Waals surface area contributed by atoms with Crippen molar-refractivity contribution in [2.45, 2.75) is 45.7 Å². The number of nitrogens with one attached hydrogen (secondary N) is 1. The van der Waals surface area contributed by atoms with Crippen molar-refractivity contribution in [1.82, 2.24) is 5.32 Å². The third-order valence-corrected chi connectivity index (χ3v) is 5.76. The SMILES string of the molecule is C=CCOC(=O)C1=C(C)NC2=C(C(=O)CC(C)(C)C2)C1c1cc(C(F)(F)F)cc(Cl)c1F. The quantitative estimate of drug-likeness (QED) is 0.341. The smallest absolute Gasteiger partial charge is 0.416 e. The first-order valence-corrected chi connectivity index (χ1v) is 10.2. The molecule has 1 aliphatic heterocycles. The molecular weight excluding hydrogens is 450 g/mol. The second-order valence-corrected chi connectivity index (χ2v) is 9.08. The average Bonchev–Trinajstić information content (AvgIpc) is 2.65. The van der Waals surface area contributed by atoms with E-state index in [4.69, 9.17) is 16.3 Å². The van der Waals surface area contributed by atoms with Crippen LogP contribution in [-0.2, 0) is 20.5 Å². The number of carbonyl (C=O) groups is 2. The third kappa shape index (κ3) is 4.46. The first kappa shape index (κ1) is 24.0. The van der Waals surface area contributed by atoms with Gasteiger partial charge in [-0.25, -0.2) is 9.18 Å². The molecule has 0 radical (unpaired) electrons. The predicted octanol–water partition coefficient (Wildman–Crippen LogP) is 5.83. The second-order valence-electron chi connectivity index (χ2n) is 8.68. The van der Waals surface area contributed by atoms with Crippen LogP contribution in [0.4, 0.5) is 17.6 Å². The Balaban J connectivity index is 2.30. The van der Waals surface area contributed by atoms with E-state index in [-0.39, 0.29) is 35.7 Å². The number of ketones is 1. The van der Waals surface area contributed by atoms with Gasteiger partial charge in [-0.2, -0.15) is 13.2 Å². The van der Waals surface area contributed by atoms with Crippen LogP contribution in [0.25, 0.3) is 0 Å². The van der Waals surface area contributed by atoms with E-state index in [0.29, 0.717) is 24.3 Å². The maximum Gasteiger partial charge on any atom is 0.416 e. The Labute approximate surface area is 188 Å². The maximum absolute atomic E-state index is 15.2. The van der Waals surface area contributed by atoms with Gasteiger partial charge in [0.05, 0.1) is 22.1 Å². The maximum atomic E-state index is 15.2. The summed E-state index contributed by atoms with van der Waals surface area (Å²) in [4.78, 5) is 26.0. The van der Waals surface area contributed by atoms with Crippen LogP contribution in [-0.4, -0.2) is 18.4 Å². The number of ether oxygens (including phenoxy) is 1. The van der Waals surface area contributed by atoms with Crippen LogP contribution in [0.3, 0.4) is 0 Å². The summed E-state index contributed by atoms with van der Waals surface area (Å²) in [5.74, 6) is -3.80. The van der Waals surface area contributed by atoms with Gasteiger partial charge in [0.25, 0.3) is 0 Å². The fourth-order valence-corrected chi connectivity index (χ4v) is 4.44. The molecule has 1 aromatic carbocycles. The van der Waals surface area contributed by atoms with Crippen molar-refractivity contribution in [3.05, 3.63) is 69.3 Å². The molecule has 1 heterocycles. The molecule has 0 saturated heterocycles. The van der Waals surface area contributed by atoms with Gasteiger partial charge < -0.3 is 10.1 Å². The van der Waals surface area contributed by atoms with Gasteiger partial charge in [0.2, 0.25) is 0 Å². The molecule has 0 fully saturated rings. The number of benzene rings is 1. The van der Waals surface area contributed by atoms with Crippen molar-refractivity contribution in [3.63, 3.8) is 0 Å². The zero-order chi connectivity index (χ0) is 24.0. The fourth-order valence-electron chi connectivity index (χ4n) is 4.21. The van der Waals surface area contributed by atoms with Gasteiger partial charge >= 0.3 is 12.1 Å². The lowest BCUT2D eigenvalue weighted by molar-refractivity contribution is -0.138. The van der Waals surface area contributed by atoms with Gasteiger partial charge in [-0.15, -0.1) is 0 Å². The van der Waals surface area contributed by atoms with E-state index < -0.39 is 45.4 Å². The van der Waals surface area contributed by atoms with Gasteiger partial charge in [0.1, 0.15) is 12.4 Å². The Kier molecular flexibility index (Phi) is 6.30. The largest absolute Gasteiger partial charge is 0.458 e. The topological polar surface area (TPSA) is 55.4 Å². The molecule has 2 aliphatic rings. The van der Waals surface area contributed by atoms with Crippen molar-refractivity contribution in [3.8, 4) is 0 Å². The summed E-state index contributed by atoms with van der Waals surface area (Å²) in [5.41, 5.74) is -1.49. The van der Waals surface area contributed by atoms with Crippen LogP contribution >= 0.6 is 11.6 Å². The molecule has 0 saturated carbocycles. The van der Waals surface area contributed by atoms with Crippen LogP contribution in [0.5, 0.6) is 0 Å². The van der Waals surface area contributed by atoms with Gasteiger partial charge in [0, 0.05) is 29.0 Å². The summed E-state index contributed by atoms with van der Waals surface area (Å²) in [6.07, 6.45) is -3.01. The monoisotopic (exact) mass is 471 g/mol. The van der Waals surface area contributed by atoms with E-state index in [1.807, 2.05) is 13.8 Å². The van der Waals surface area contributed by atoms with Gasteiger partial charge in [0.15, 0.2) is 5.78 Å². The number of allylic oxidation sites excluding steroid dienone is 3. The number of rotatable bonds is 4. The minimum Gasteiger partial charge on any atom is -0.458 e. The molecular formula is C23H22ClF4NO3. The highest BCUT2D eigenvalue weighted by Gasteiger charge is 2.45. The van der Waals surface area contributed by atoms with Crippen LogP contribution in [0.2, 0.25) is 5.02 Å². The van der Waals surface area contributed by atoms with Gasteiger partial charge in [-0.05, 0) is 30.9 Å². The van der Waals surface area contributed by atoms with E-state index in [2.05, 4.69) is 11.9 Å². The Morgan fingerprint density at radius 3 is 2.59 bits per heavy atom. The van der Waals surface area contributed by atoms with Crippen molar-refractivity contribution >= 4 is 23.4 Å². The van der Waals surface area contributed by atoms with Crippen LogP contribution in [0.1, 0.15) is 50.7 Å². The molecule has 1 unspecified atom stereocenters. The van der Waals surface area contributed by atoms with E-state index in [1.165, 1.54) is 13.0 Å². The Morgan fingerprint density at radius 2 is 2.00 bits per heavy atom. The van der Waals surface area contributed by atoms with Crippen LogP contribution in [0.15, 0.2) is 47.3 Å². The van der Waals surface area contributed by atoms with E-state index in [0.717, 1.165) is 0 Å². The molecule has 0 aromatic heterocycles. The number of alkyl halides is 3. The number of esters is 1. The van der Waals surface area contributed by atoms with Crippen molar-refractivity contribution in [1.29, 1.82) is 0 Å². The summed E-state index contributed by atoms with van der Waals surface area (Å²) < 4.78 is 60.7. The summed E-state index contributed by atoms with van der Waals surface area (Å²) >= 11 is 5.81. The third-order valence-electron chi connectivity index (χ3n) is 5.49. The zero-order valence-corrected chi connectivity index (χ0v) is 18.5. The minimum atomic E-state index is -4.81. The highest BCUT2D eigenvalue weighted by Crippen LogP contribution is 2.48. The number of hydrogen-bond donors (Lipinski definition) is 1. The first-order chi connectivity index (χ1) is 14.8. The molecule has 1 atom stereocenters. The lowest BCUT2D eigenvalue weighted by Gasteiger charge is -2.39. The van der Waals surface area contributed by atoms with Crippen LogP contribution < -0.4 is 5.32 Å². The molecule has 1 aromatic rings. The zero-order valence-electron chi connectivity index (χ0n) is 17.8. The molecule has 9 heteroatoms. The van der Waals surface area contributed by atoms with Crippen molar-refractivity contribution in [2.75, 3.05) is 6.61 Å². The standard InChI is InChI=1S/C23H22ClF4NO3/c1-5-6-32-21(31)17-11(2)29-15-9-22(3,4)10-16(30)19(15)18(17)13-7-12(23(26,27)28)8-14(24)20(13)25/h5,7-8,18,29H,1,6,9-10H2,2-4H3. The Morgan fingerprint density at radius 1 is 1.34 bits per heavy atom. The fraction of sp³-hybridized carbons (Fsp3) is 0.391. The molecule has 1 aliphatic carbocycles. The normalized spacial score (nSPS) is 20.6. The lowest BCUT2D eigenvalue weighted by atomic mass is 9.68. The molecule has 32 heavy (non-hydrogen) atoms. The van der Waals surface area contributed by atoms with E-state index >= 15 is 4.39 Å². The minimum absolute atomic E-state index is 0.0507. The van der Waals surface area contributed by atoms with E-state index in [9.17, 15) is 22.8 Å². The van der Waals surface area contributed by atoms with E-state index in [1.54, 1.807) is 0 Å². The number of halogens is 5. The molecule has 172 valence electrons. The Hall–Kier alpha value is -2.61. The molecule has 0 bridgehead atoms. The molecule has 4 nitrogen and oxygen atoms in total. The van der Waals surface area contributed by atoms with Gasteiger partial charge in [-0.1, -0.05) is 38.1 Å². The average molecular weight is 472 g/mol. The number of carbonyl (C=O) groups excluding carboxylic acids is 2. The summed E-state index contributed by atoms with van der Waals surface area (Å²) in [6, 6.07) is 1.08.